The van der Waals surface area contributed by atoms with Crippen molar-refractivity contribution in [2.45, 2.75) is 63.4 Å². The van der Waals surface area contributed by atoms with E-state index < -0.39 is 16.1 Å². The summed E-state index contributed by atoms with van der Waals surface area (Å²) < 4.78 is 29.6. The molecule has 2 fully saturated rings. The van der Waals surface area contributed by atoms with Gasteiger partial charge in [0.2, 0.25) is 15.9 Å². The minimum Gasteiger partial charge on any atom is -0.341 e. The first kappa shape index (κ1) is 23.1. The number of piperidine rings is 1. The zero-order valence-corrected chi connectivity index (χ0v) is 18.7. The maximum absolute atomic E-state index is 12.7. The topological polar surface area (TPSA) is 96.3 Å². The van der Waals surface area contributed by atoms with Crippen LogP contribution in [0.3, 0.4) is 0 Å². The van der Waals surface area contributed by atoms with Gasteiger partial charge in [0.05, 0.1) is 17.4 Å². The van der Waals surface area contributed by atoms with Crippen LogP contribution in [-0.4, -0.2) is 60.7 Å². The molecule has 2 aliphatic rings. The molecule has 1 atom stereocenters. The molecule has 2 N–H and O–H groups in total. The Hall–Kier alpha value is -1.16. The summed E-state index contributed by atoms with van der Waals surface area (Å²) in [5.74, 6) is 0.678. The van der Waals surface area contributed by atoms with Gasteiger partial charge in [-0.15, -0.1) is 12.4 Å². The molecule has 1 aliphatic carbocycles. The van der Waals surface area contributed by atoms with Crippen LogP contribution in [-0.2, 0) is 21.9 Å². The Balaban J connectivity index is 0.00000280. The van der Waals surface area contributed by atoms with E-state index in [0.29, 0.717) is 30.5 Å². The molecule has 28 heavy (non-hydrogen) atoms. The number of carbonyl (C=O) groups excluding carboxylic acids is 1. The predicted molar refractivity (Wildman–Crippen MR) is 110 cm³/mol. The van der Waals surface area contributed by atoms with E-state index >= 15 is 0 Å². The van der Waals surface area contributed by atoms with Crippen LogP contribution in [0.15, 0.2) is 4.90 Å². The normalized spacial score (nSPS) is 19.4. The van der Waals surface area contributed by atoms with E-state index in [4.69, 9.17) is 0 Å². The average Bonchev–Trinajstić information content (AvgIpc) is 3.39. The zero-order valence-electron chi connectivity index (χ0n) is 17.1. The quantitative estimate of drug-likeness (QED) is 0.671. The highest BCUT2D eigenvalue weighted by atomic mass is 35.5. The van der Waals surface area contributed by atoms with Crippen molar-refractivity contribution in [3.63, 3.8) is 0 Å². The first-order chi connectivity index (χ1) is 12.7. The molecule has 2 heterocycles. The average molecular weight is 434 g/mol. The Kier molecular flexibility index (Phi) is 7.52. The molecule has 0 radical (unpaired) electrons. The van der Waals surface area contributed by atoms with Gasteiger partial charge in [0.1, 0.15) is 4.90 Å². The molecular weight excluding hydrogens is 402 g/mol. The maximum Gasteiger partial charge on any atom is 0.244 e. The monoisotopic (exact) mass is 433 g/mol. The van der Waals surface area contributed by atoms with Crippen LogP contribution < -0.4 is 10.0 Å². The summed E-state index contributed by atoms with van der Waals surface area (Å²) in [5, 5.41) is 7.74. The number of nitrogens with zero attached hydrogens (tertiary/aromatic N) is 3. The molecule has 10 heteroatoms. The number of carbonyl (C=O) groups is 1. The Morgan fingerprint density at radius 1 is 1.21 bits per heavy atom. The summed E-state index contributed by atoms with van der Waals surface area (Å²) >= 11 is 0. The molecule has 0 aromatic carbocycles. The van der Waals surface area contributed by atoms with Gasteiger partial charge in [-0.25, -0.2) is 8.42 Å². The third-order valence-corrected chi connectivity index (χ3v) is 7.40. The van der Waals surface area contributed by atoms with Crippen LogP contribution in [0.5, 0.6) is 0 Å². The van der Waals surface area contributed by atoms with Crippen molar-refractivity contribution < 1.29 is 13.2 Å². The van der Waals surface area contributed by atoms with Gasteiger partial charge in [-0.3, -0.25) is 9.48 Å². The van der Waals surface area contributed by atoms with Crippen molar-refractivity contribution in [3.05, 3.63) is 11.4 Å². The lowest BCUT2D eigenvalue weighted by molar-refractivity contribution is -0.133. The van der Waals surface area contributed by atoms with Crippen LogP contribution in [0.4, 0.5) is 0 Å². The van der Waals surface area contributed by atoms with E-state index in [1.807, 2.05) is 0 Å². The molecule has 1 saturated carbocycles. The molecule has 1 saturated heterocycles. The van der Waals surface area contributed by atoms with Crippen molar-refractivity contribution in [3.8, 4) is 0 Å². The number of hydrogen-bond acceptors (Lipinski definition) is 5. The van der Waals surface area contributed by atoms with Crippen LogP contribution in [0, 0.1) is 19.8 Å². The summed E-state index contributed by atoms with van der Waals surface area (Å²) in [4.78, 5) is 14.7. The fourth-order valence-electron chi connectivity index (χ4n) is 3.72. The number of rotatable bonds is 7. The van der Waals surface area contributed by atoms with Crippen LogP contribution in [0.25, 0.3) is 0 Å². The SMILES string of the molecule is Cc1nn(C)c(C)c1S(=O)(=O)NC(C)C(=O)N1CCC(NCC2CC2)CC1.Cl. The highest BCUT2D eigenvalue weighted by molar-refractivity contribution is 7.89. The van der Waals surface area contributed by atoms with Gasteiger partial charge in [-0.2, -0.15) is 9.82 Å². The molecule has 3 rings (SSSR count). The zero-order chi connectivity index (χ0) is 19.8. The van der Waals surface area contributed by atoms with Crippen molar-refractivity contribution >= 4 is 28.3 Å². The number of sulfonamides is 1. The number of amides is 1. The molecule has 8 nitrogen and oxygen atoms in total. The van der Waals surface area contributed by atoms with E-state index in [9.17, 15) is 13.2 Å². The van der Waals surface area contributed by atoms with Crippen LogP contribution in [0.1, 0.15) is 44.0 Å². The van der Waals surface area contributed by atoms with Crippen LogP contribution in [0.2, 0.25) is 0 Å². The minimum atomic E-state index is -3.80. The van der Waals surface area contributed by atoms with E-state index in [2.05, 4.69) is 15.1 Å². The number of halogens is 1. The highest BCUT2D eigenvalue weighted by Crippen LogP contribution is 2.28. The van der Waals surface area contributed by atoms with E-state index in [-0.39, 0.29) is 23.2 Å². The van der Waals surface area contributed by atoms with Gasteiger partial charge in [0, 0.05) is 26.2 Å². The second-order valence-corrected chi connectivity index (χ2v) is 9.57. The van der Waals surface area contributed by atoms with Gasteiger partial charge >= 0.3 is 0 Å². The highest BCUT2D eigenvalue weighted by Gasteiger charge is 2.31. The molecule has 1 unspecified atom stereocenters. The molecule has 0 bridgehead atoms. The lowest BCUT2D eigenvalue weighted by Gasteiger charge is -2.34. The lowest BCUT2D eigenvalue weighted by atomic mass is 10.0. The number of likely N-dealkylation sites (tertiary alicyclic amines) is 1. The van der Waals surface area contributed by atoms with Gasteiger partial charge in [-0.1, -0.05) is 0 Å². The fourth-order valence-corrected chi connectivity index (χ4v) is 5.35. The minimum absolute atomic E-state index is 0. The number of aromatic nitrogens is 2. The van der Waals surface area contributed by atoms with Crippen molar-refractivity contribution in [2.75, 3.05) is 19.6 Å². The van der Waals surface area contributed by atoms with E-state index in [0.717, 1.165) is 25.3 Å². The summed E-state index contributed by atoms with van der Waals surface area (Å²) in [5.41, 5.74) is 0.993. The third kappa shape index (κ3) is 5.25. The molecule has 0 spiro atoms. The predicted octanol–water partition coefficient (Wildman–Crippen LogP) is 1.12. The Morgan fingerprint density at radius 3 is 2.32 bits per heavy atom. The van der Waals surface area contributed by atoms with Crippen molar-refractivity contribution in [1.82, 2.24) is 24.7 Å². The molecule has 160 valence electrons. The third-order valence-electron chi connectivity index (χ3n) is 5.61. The second kappa shape index (κ2) is 9.11. The lowest BCUT2D eigenvalue weighted by Crippen LogP contribution is -2.51. The summed E-state index contributed by atoms with van der Waals surface area (Å²) in [6, 6.07) is -0.340. The number of hydrogen-bond donors (Lipinski definition) is 2. The fraction of sp³-hybridized carbons (Fsp3) is 0.778. The van der Waals surface area contributed by atoms with Gasteiger partial charge in [-0.05, 0) is 58.9 Å². The molecular formula is C18H32ClN5O3S. The van der Waals surface area contributed by atoms with Crippen LogP contribution >= 0.6 is 12.4 Å². The Labute approximate surface area is 173 Å². The summed E-state index contributed by atoms with van der Waals surface area (Å²) in [7, 11) is -2.09. The molecule has 1 amide bonds. The largest absolute Gasteiger partial charge is 0.341 e. The molecule has 1 aromatic rings. The molecule has 1 aliphatic heterocycles. The summed E-state index contributed by atoms with van der Waals surface area (Å²) in [6.45, 7) is 7.39. The van der Waals surface area contributed by atoms with Gasteiger partial charge < -0.3 is 10.2 Å². The van der Waals surface area contributed by atoms with Crippen molar-refractivity contribution in [1.29, 1.82) is 0 Å². The van der Waals surface area contributed by atoms with Gasteiger partial charge in [0.25, 0.3) is 0 Å². The Bertz CT molecular complexity index is 798. The number of nitrogens with one attached hydrogen (secondary N) is 2. The second-order valence-electron chi connectivity index (χ2n) is 7.92. The van der Waals surface area contributed by atoms with Gasteiger partial charge in [0.15, 0.2) is 0 Å². The van der Waals surface area contributed by atoms with Crippen molar-refractivity contribution in [2.24, 2.45) is 13.0 Å². The smallest absolute Gasteiger partial charge is 0.244 e. The maximum atomic E-state index is 12.7. The first-order valence-corrected chi connectivity index (χ1v) is 11.2. The standard InChI is InChI=1S/C18H31N5O3S.ClH/c1-12-17(14(3)22(4)20-12)27(25,26)21-13(2)18(24)23-9-7-16(8-10-23)19-11-15-5-6-15;/h13,15-16,19,21H,5-11H2,1-4H3;1H. The first-order valence-electron chi connectivity index (χ1n) is 9.73. The van der Waals surface area contributed by atoms with E-state index in [1.54, 1.807) is 32.7 Å². The number of aryl methyl sites for hydroxylation is 2. The summed E-state index contributed by atoms with van der Waals surface area (Å²) in [6.07, 6.45) is 4.49. The van der Waals surface area contributed by atoms with E-state index in [1.165, 1.54) is 17.5 Å². The Morgan fingerprint density at radius 2 is 1.82 bits per heavy atom. The molecule has 1 aromatic heterocycles.